The fraction of sp³-hybridized carbons (Fsp3) is 0.320. The Bertz CT molecular complexity index is 910. The maximum atomic E-state index is 12.8. The first-order valence-electron chi connectivity index (χ1n) is 10.7. The molecule has 5 nitrogen and oxygen atoms in total. The van der Waals surface area contributed by atoms with Crippen LogP contribution in [0.3, 0.4) is 0 Å². The van der Waals surface area contributed by atoms with Crippen molar-refractivity contribution >= 4 is 5.91 Å². The molecule has 1 aromatic carbocycles. The van der Waals surface area contributed by atoms with Crippen molar-refractivity contribution in [2.45, 2.75) is 25.3 Å². The lowest BCUT2D eigenvalue weighted by Crippen LogP contribution is -2.41. The van der Waals surface area contributed by atoms with Crippen molar-refractivity contribution in [3.63, 3.8) is 0 Å². The zero-order valence-corrected chi connectivity index (χ0v) is 17.2. The molecule has 3 aromatic rings. The minimum Gasteiger partial charge on any atom is -0.342 e. The molecule has 0 spiro atoms. The molecule has 1 aliphatic rings. The van der Waals surface area contributed by atoms with E-state index in [1.165, 1.54) is 5.56 Å². The zero-order valence-electron chi connectivity index (χ0n) is 17.2. The zero-order chi connectivity index (χ0) is 20.6. The number of nitrogens with one attached hydrogen (secondary N) is 1. The van der Waals surface area contributed by atoms with E-state index in [1.54, 1.807) is 18.5 Å². The summed E-state index contributed by atoms with van der Waals surface area (Å²) in [6.07, 6.45) is 6.60. The summed E-state index contributed by atoms with van der Waals surface area (Å²) in [7, 11) is 0. The quantitative estimate of drug-likeness (QED) is 0.653. The van der Waals surface area contributed by atoms with Crippen LogP contribution < -0.4 is 5.32 Å². The van der Waals surface area contributed by atoms with Crippen LogP contribution in [0.5, 0.6) is 0 Å². The standard InChI is InChI=1S/C25H28N4O/c30-25(23-11-5-7-16-27-23)28-24(22-10-4-6-15-26-22)21-13-18-29(19-14-21)17-12-20-8-2-1-3-9-20/h1-11,15-16,21,24H,12-14,17-19H2,(H,28,30). The molecule has 1 saturated heterocycles. The number of piperidine rings is 1. The Labute approximate surface area is 178 Å². The van der Waals surface area contributed by atoms with Crippen LogP contribution in [0.15, 0.2) is 79.1 Å². The predicted octanol–water partition coefficient (Wildman–Crippen LogP) is 3.90. The van der Waals surface area contributed by atoms with E-state index < -0.39 is 0 Å². The second-order valence-electron chi connectivity index (χ2n) is 7.84. The lowest BCUT2D eigenvalue weighted by molar-refractivity contribution is 0.0886. The van der Waals surface area contributed by atoms with Crippen LogP contribution >= 0.6 is 0 Å². The number of benzene rings is 1. The predicted molar refractivity (Wildman–Crippen MR) is 118 cm³/mol. The molecule has 0 bridgehead atoms. The largest absolute Gasteiger partial charge is 0.342 e. The molecule has 4 rings (SSSR count). The molecular formula is C25H28N4O. The maximum absolute atomic E-state index is 12.8. The third kappa shape index (κ3) is 5.30. The van der Waals surface area contributed by atoms with Gasteiger partial charge in [-0.2, -0.15) is 0 Å². The first-order chi connectivity index (χ1) is 14.8. The number of nitrogens with zero attached hydrogens (tertiary/aromatic N) is 3. The highest BCUT2D eigenvalue weighted by Crippen LogP contribution is 2.30. The molecule has 3 heterocycles. The molecule has 1 unspecified atom stereocenters. The van der Waals surface area contributed by atoms with Gasteiger partial charge in [-0.1, -0.05) is 42.5 Å². The number of rotatable bonds is 7. The minimum absolute atomic E-state index is 0.100. The van der Waals surface area contributed by atoms with E-state index in [-0.39, 0.29) is 11.9 Å². The highest BCUT2D eigenvalue weighted by atomic mass is 16.1. The van der Waals surface area contributed by atoms with Gasteiger partial charge >= 0.3 is 0 Å². The Morgan fingerprint density at radius 1 is 0.933 bits per heavy atom. The van der Waals surface area contributed by atoms with Crippen molar-refractivity contribution in [3.05, 3.63) is 96.1 Å². The van der Waals surface area contributed by atoms with Gasteiger partial charge < -0.3 is 10.2 Å². The van der Waals surface area contributed by atoms with Crippen LogP contribution in [0, 0.1) is 5.92 Å². The summed E-state index contributed by atoms with van der Waals surface area (Å²) < 4.78 is 0. The van der Waals surface area contributed by atoms with E-state index >= 15 is 0 Å². The SMILES string of the molecule is O=C(NC(c1ccccn1)C1CCN(CCc2ccccc2)CC1)c1ccccn1. The third-order valence-corrected chi connectivity index (χ3v) is 5.85. The third-order valence-electron chi connectivity index (χ3n) is 5.85. The number of carbonyl (C=O) groups is 1. The highest BCUT2D eigenvalue weighted by Gasteiger charge is 2.30. The number of hydrogen-bond acceptors (Lipinski definition) is 4. The van der Waals surface area contributed by atoms with Crippen molar-refractivity contribution in [1.29, 1.82) is 0 Å². The number of hydrogen-bond donors (Lipinski definition) is 1. The highest BCUT2D eigenvalue weighted by molar-refractivity contribution is 5.92. The second kappa shape index (κ2) is 10.1. The normalized spacial score (nSPS) is 16.1. The molecule has 5 heteroatoms. The van der Waals surface area contributed by atoms with Crippen LogP contribution in [0.25, 0.3) is 0 Å². The van der Waals surface area contributed by atoms with E-state index in [0.717, 1.165) is 44.6 Å². The Morgan fingerprint density at radius 3 is 2.30 bits per heavy atom. The molecular weight excluding hydrogens is 372 g/mol. The summed E-state index contributed by atoms with van der Waals surface area (Å²) in [6, 6.07) is 21.8. The smallest absolute Gasteiger partial charge is 0.270 e. The van der Waals surface area contributed by atoms with Gasteiger partial charge in [-0.15, -0.1) is 0 Å². The van der Waals surface area contributed by atoms with Crippen molar-refractivity contribution in [2.75, 3.05) is 19.6 Å². The maximum Gasteiger partial charge on any atom is 0.270 e. The lowest BCUT2D eigenvalue weighted by Gasteiger charge is -2.36. The van der Waals surface area contributed by atoms with Gasteiger partial charge in [0.15, 0.2) is 0 Å². The van der Waals surface area contributed by atoms with Crippen LogP contribution in [-0.2, 0) is 6.42 Å². The summed E-state index contributed by atoms with van der Waals surface area (Å²) in [5, 5.41) is 3.21. The number of likely N-dealkylation sites (tertiary alicyclic amines) is 1. The van der Waals surface area contributed by atoms with E-state index in [9.17, 15) is 4.79 Å². The topological polar surface area (TPSA) is 58.1 Å². The first kappa shape index (κ1) is 20.2. The van der Waals surface area contributed by atoms with Crippen molar-refractivity contribution in [1.82, 2.24) is 20.2 Å². The molecule has 0 aliphatic carbocycles. The Balaban J connectivity index is 1.39. The molecule has 154 valence electrons. The van der Waals surface area contributed by atoms with E-state index in [0.29, 0.717) is 11.6 Å². The van der Waals surface area contributed by atoms with Gasteiger partial charge in [0.1, 0.15) is 5.69 Å². The molecule has 1 atom stereocenters. The molecule has 0 radical (unpaired) electrons. The molecule has 30 heavy (non-hydrogen) atoms. The van der Waals surface area contributed by atoms with E-state index in [2.05, 4.69) is 50.5 Å². The van der Waals surface area contributed by atoms with Crippen molar-refractivity contribution in [2.24, 2.45) is 5.92 Å². The van der Waals surface area contributed by atoms with Gasteiger partial charge in [0.25, 0.3) is 5.91 Å². The van der Waals surface area contributed by atoms with Gasteiger partial charge in [-0.05, 0) is 68.1 Å². The monoisotopic (exact) mass is 400 g/mol. The van der Waals surface area contributed by atoms with Crippen LogP contribution in [-0.4, -0.2) is 40.4 Å². The number of carbonyl (C=O) groups excluding carboxylic acids is 1. The van der Waals surface area contributed by atoms with E-state index in [1.807, 2.05) is 30.3 Å². The van der Waals surface area contributed by atoms with Crippen LogP contribution in [0.4, 0.5) is 0 Å². The number of aromatic nitrogens is 2. The molecule has 0 saturated carbocycles. The van der Waals surface area contributed by atoms with Gasteiger partial charge in [0.05, 0.1) is 11.7 Å². The average molecular weight is 401 g/mol. The van der Waals surface area contributed by atoms with Gasteiger partial charge in [-0.3, -0.25) is 14.8 Å². The lowest BCUT2D eigenvalue weighted by atomic mass is 9.87. The van der Waals surface area contributed by atoms with Gasteiger partial charge in [-0.25, -0.2) is 0 Å². The fourth-order valence-corrected chi connectivity index (χ4v) is 4.15. The second-order valence-corrected chi connectivity index (χ2v) is 7.84. The molecule has 1 N–H and O–H groups in total. The Kier molecular flexibility index (Phi) is 6.83. The summed E-state index contributed by atoms with van der Waals surface area (Å²) in [5.74, 6) is 0.221. The fourth-order valence-electron chi connectivity index (χ4n) is 4.15. The minimum atomic E-state index is -0.141. The summed E-state index contributed by atoms with van der Waals surface area (Å²) in [5.41, 5.74) is 2.75. The Morgan fingerprint density at radius 2 is 1.63 bits per heavy atom. The average Bonchev–Trinajstić information content (AvgIpc) is 2.83. The molecule has 1 fully saturated rings. The summed E-state index contributed by atoms with van der Waals surface area (Å²) in [4.78, 5) is 24.1. The molecule has 1 amide bonds. The number of amides is 1. The molecule has 1 aliphatic heterocycles. The molecule has 2 aromatic heterocycles. The van der Waals surface area contributed by atoms with Crippen LogP contribution in [0.2, 0.25) is 0 Å². The van der Waals surface area contributed by atoms with Crippen molar-refractivity contribution < 1.29 is 4.79 Å². The Hall–Kier alpha value is -3.05. The summed E-state index contributed by atoms with van der Waals surface area (Å²) >= 11 is 0. The van der Waals surface area contributed by atoms with Gasteiger partial charge in [0, 0.05) is 18.9 Å². The number of pyridine rings is 2. The first-order valence-corrected chi connectivity index (χ1v) is 10.7. The van der Waals surface area contributed by atoms with E-state index in [4.69, 9.17) is 0 Å². The van der Waals surface area contributed by atoms with Crippen molar-refractivity contribution in [3.8, 4) is 0 Å². The van der Waals surface area contributed by atoms with Gasteiger partial charge in [0.2, 0.25) is 0 Å². The van der Waals surface area contributed by atoms with Crippen LogP contribution in [0.1, 0.15) is 40.6 Å². The summed E-state index contributed by atoms with van der Waals surface area (Å²) in [6.45, 7) is 3.16.